The second-order valence-electron chi connectivity index (χ2n) is 3.94. The maximum atomic E-state index is 10.7. The lowest BCUT2D eigenvalue weighted by Gasteiger charge is -2.26. The minimum atomic E-state index is -1.01. The molecule has 0 aliphatic rings. The van der Waals surface area contributed by atoms with Crippen LogP contribution >= 0.6 is 23.2 Å². The monoisotopic (exact) mass is 275 g/mol. The quantitative estimate of drug-likeness (QED) is 0.840. The molecule has 0 fully saturated rings. The van der Waals surface area contributed by atoms with Crippen LogP contribution in [0.25, 0.3) is 0 Å². The van der Waals surface area contributed by atoms with Crippen LogP contribution in [-0.4, -0.2) is 34.9 Å². The number of carbonyl (C=O) groups is 1. The Kier molecular flexibility index (Phi) is 5.25. The number of benzene rings is 1. The van der Waals surface area contributed by atoms with Gasteiger partial charge in [0.25, 0.3) is 0 Å². The van der Waals surface area contributed by atoms with Crippen LogP contribution in [0, 0.1) is 0 Å². The van der Waals surface area contributed by atoms with E-state index in [-0.39, 0.29) is 12.6 Å². The first-order chi connectivity index (χ1) is 7.93. The van der Waals surface area contributed by atoms with Gasteiger partial charge in [0.1, 0.15) is 5.38 Å². The molecule has 1 aromatic carbocycles. The van der Waals surface area contributed by atoms with Crippen LogP contribution in [0.4, 0.5) is 0 Å². The van der Waals surface area contributed by atoms with Gasteiger partial charge in [0, 0.05) is 17.6 Å². The summed E-state index contributed by atoms with van der Waals surface area (Å²) in [6, 6.07) is 7.52. The van der Waals surface area contributed by atoms with Crippen LogP contribution < -0.4 is 0 Å². The van der Waals surface area contributed by atoms with Gasteiger partial charge in [0.15, 0.2) is 0 Å². The number of alkyl halides is 1. The van der Waals surface area contributed by atoms with Gasteiger partial charge in [-0.05, 0) is 25.6 Å². The number of halogens is 2. The molecule has 1 aromatic rings. The van der Waals surface area contributed by atoms with Crippen molar-refractivity contribution >= 4 is 29.2 Å². The Hall–Kier alpha value is -0.770. The lowest BCUT2D eigenvalue weighted by Crippen LogP contribution is -2.33. The molecular formula is C12H15Cl2NO2. The Bertz CT molecular complexity index is 398. The number of aliphatic carboxylic acids is 1. The average Bonchev–Trinajstić information content (AvgIpc) is 2.28. The second kappa shape index (κ2) is 6.24. The topological polar surface area (TPSA) is 40.5 Å². The summed E-state index contributed by atoms with van der Waals surface area (Å²) in [5, 5.41) is 8.52. The summed E-state index contributed by atoms with van der Waals surface area (Å²) >= 11 is 11.8. The van der Waals surface area contributed by atoms with E-state index in [0.717, 1.165) is 5.56 Å². The van der Waals surface area contributed by atoms with Crippen molar-refractivity contribution in [2.45, 2.75) is 18.3 Å². The molecule has 0 amide bonds. The van der Waals surface area contributed by atoms with Gasteiger partial charge in [0.05, 0.1) is 0 Å². The lowest BCUT2D eigenvalue weighted by atomic mass is 10.1. The van der Waals surface area contributed by atoms with Crippen molar-refractivity contribution in [1.82, 2.24) is 4.90 Å². The Morgan fingerprint density at radius 3 is 2.59 bits per heavy atom. The van der Waals surface area contributed by atoms with E-state index in [0.29, 0.717) is 5.02 Å². The fourth-order valence-corrected chi connectivity index (χ4v) is 2.05. The molecule has 1 rings (SSSR count). The maximum Gasteiger partial charge on any atom is 0.322 e. The standard InChI is InChI=1S/C12H15Cl2NO2/c1-8(9-5-3-4-6-10(9)13)15(2)7-11(14)12(16)17/h3-6,8,11H,7H2,1-2H3,(H,16,17). The summed E-state index contributed by atoms with van der Waals surface area (Å²) in [4.78, 5) is 12.5. The number of carboxylic acid groups (broad SMARTS) is 1. The molecule has 0 saturated carbocycles. The highest BCUT2D eigenvalue weighted by Gasteiger charge is 2.21. The number of hydrogen-bond acceptors (Lipinski definition) is 2. The van der Waals surface area contributed by atoms with Crippen LogP contribution in [-0.2, 0) is 4.79 Å². The maximum absolute atomic E-state index is 10.7. The number of rotatable bonds is 5. The third-order valence-corrected chi connectivity index (χ3v) is 3.40. The van der Waals surface area contributed by atoms with Crippen LogP contribution in [0.1, 0.15) is 18.5 Å². The summed E-state index contributed by atoms with van der Waals surface area (Å²) in [6.07, 6.45) is 0. The molecule has 0 radical (unpaired) electrons. The average molecular weight is 276 g/mol. The van der Waals surface area contributed by atoms with Gasteiger partial charge >= 0.3 is 5.97 Å². The molecule has 17 heavy (non-hydrogen) atoms. The molecule has 1 N–H and O–H groups in total. The third-order valence-electron chi connectivity index (χ3n) is 2.73. The molecule has 0 spiro atoms. The van der Waals surface area contributed by atoms with Crippen molar-refractivity contribution in [1.29, 1.82) is 0 Å². The van der Waals surface area contributed by atoms with Crippen molar-refractivity contribution in [3.8, 4) is 0 Å². The summed E-state index contributed by atoms with van der Waals surface area (Å²) in [5.41, 5.74) is 0.964. The van der Waals surface area contributed by atoms with Crippen molar-refractivity contribution in [3.63, 3.8) is 0 Å². The molecule has 5 heteroatoms. The van der Waals surface area contributed by atoms with E-state index in [4.69, 9.17) is 28.3 Å². The van der Waals surface area contributed by atoms with Crippen LogP contribution in [0.5, 0.6) is 0 Å². The van der Waals surface area contributed by atoms with E-state index in [9.17, 15) is 4.79 Å². The van der Waals surface area contributed by atoms with E-state index in [1.165, 1.54) is 0 Å². The van der Waals surface area contributed by atoms with Gasteiger partial charge in [0.2, 0.25) is 0 Å². The van der Waals surface area contributed by atoms with Crippen LogP contribution in [0.15, 0.2) is 24.3 Å². The van der Waals surface area contributed by atoms with E-state index < -0.39 is 11.3 Å². The molecule has 94 valence electrons. The van der Waals surface area contributed by atoms with Crippen molar-refractivity contribution in [3.05, 3.63) is 34.9 Å². The number of nitrogens with zero attached hydrogens (tertiary/aromatic N) is 1. The van der Waals surface area contributed by atoms with Crippen molar-refractivity contribution in [2.75, 3.05) is 13.6 Å². The Morgan fingerprint density at radius 1 is 1.47 bits per heavy atom. The summed E-state index contributed by atoms with van der Waals surface area (Å²) in [7, 11) is 1.83. The minimum Gasteiger partial charge on any atom is -0.480 e. The number of hydrogen-bond donors (Lipinski definition) is 1. The SMILES string of the molecule is CC(c1ccccc1Cl)N(C)CC(Cl)C(=O)O. The van der Waals surface area contributed by atoms with E-state index >= 15 is 0 Å². The number of carboxylic acids is 1. The Balaban J connectivity index is 2.73. The zero-order chi connectivity index (χ0) is 13.0. The van der Waals surface area contributed by atoms with E-state index in [1.807, 2.05) is 43.1 Å². The molecule has 0 aromatic heterocycles. The van der Waals surface area contributed by atoms with Gasteiger partial charge in [-0.1, -0.05) is 29.8 Å². The first-order valence-electron chi connectivity index (χ1n) is 5.25. The third kappa shape index (κ3) is 3.87. The zero-order valence-corrected chi connectivity index (χ0v) is 11.2. The molecule has 0 aliphatic heterocycles. The fraction of sp³-hybridized carbons (Fsp3) is 0.417. The van der Waals surface area contributed by atoms with Gasteiger partial charge < -0.3 is 5.11 Å². The van der Waals surface area contributed by atoms with Gasteiger partial charge in [-0.25, -0.2) is 0 Å². The van der Waals surface area contributed by atoms with Crippen molar-refractivity contribution in [2.24, 2.45) is 0 Å². The smallest absolute Gasteiger partial charge is 0.322 e. The van der Waals surface area contributed by atoms with Gasteiger partial charge in [-0.15, -0.1) is 11.6 Å². The van der Waals surface area contributed by atoms with Gasteiger partial charge in [-0.3, -0.25) is 9.69 Å². The van der Waals surface area contributed by atoms with E-state index in [1.54, 1.807) is 0 Å². The highest BCUT2D eigenvalue weighted by Crippen LogP contribution is 2.26. The Labute approximate surface area is 111 Å². The van der Waals surface area contributed by atoms with Crippen LogP contribution in [0.2, 0.25) is 5.02 Å². The Morgan fingerprint density at radius 2 is 2.06 bits per heavy atom. The molecule has 3 nitrogen and oxygen atoms in total. The molecular weight excluding hydrogens is 261 g/mol. The summed E-state index contributed by atoms with van der Waals surface area (Å²) in [6.45, 7) is 2.23. The largest absolute Gasteiger partial charge is 0.480 e. The minimum absolute atomic E-state index is 0.0179. The second-order valence-corrected chi connectivity index (χ2v) is 4.88. The predicted molar refractivity (Wildman–Crippen MR) is 69.8 cm³/mol. The van der Waals surface area contributed by atoms with Crippen molar-refractivity contribution < 1.29 is 9.90 Å². The molecule has 2 atom stereocenters. The molecule has 0 saturated heterocycles. The molecule has 2 unspecified atom stereocenters. The van der Waals surface area contributed by atoms with Gasteiger partial charge in [-0.2, -0.15) is 0 Å². The summed E-state index contributed by atoms with van der Waals surface area (Å²) < 4.78 is 0. The normalized spacial score (nSPS) is 14.6. The molecule has 0 heterocycles. The van der Waals surface area contributed by atoms with Crippen LogP contribution in [0.3, 0.4) is 0 Å². The zero-order valence-electron chi connectivity index (χ0n) is 9.73. The fourth-order valence-electron chi connectivity index (χ4n) is 1.54. The summed E-state index contributed by atoms with van der Waals surface area (Å²) in [5.74, 6) is -1.01. The highest BCUT2D eigenvalue weighted by atomic mass is 35.5. The molecule has 0 bridgehead atoms. The first kappa shape index (κ1) is 14.3. The lowest BCUT2D eigenvalue weighted by molar-refractivity contribution is -0.137. The van der Waals surface area contributed by atoms with E-state index in [2.05, 4.69) is 0 Å². The molecule has 0 aliphatic carbocycles. The first-order valence-corrected chi connectivity index (χ1v) is 6.06. The highest BCUT2D eigenvalue weighted by molar-refractivity contribution is 6.31. The predicted octanol–water partition coefficient (Wildman–Crippen LogP) is 3.02.